The number of rotatable bonds is 1. The second-order valence-corrected chi connectivity index (χ2v) is 2.64. The van der Waals surface area contributed by atoms with E-state index in [2.05, 4.69) is 12.6 Å². The first kappa shape index (κ1) is 6.47. The molecule has 0 unspecified atom stereocenters. The topological polar surface area (TPSA) is 9.23 Å². The van der Waals surface area contributed by atoms with E-state index in [9.17, 15) is 0 Å². The summed E-state index contributed by atoms with van der Waals surface area (Å²) in [5.41, 5.74) is 2.42. The number of hydrogen-bond acceptors (Lipinski definition) is 1. The largest absolute Gasteiger partial charge is 0.492 e. The third kappa shape index (κ3) is 0.929. The molecule has 0 N–H and O–H groups in total. The smallest absolute Gasteiger partial charge is 0.129 e. The lowest BCUT2D eigenvalue weighted by Gasteiger charge is -2.01. The fourth-order valence-electron chi connectivity index (χ4n) is 1.40. The summed E-state index contributed by atoms with van der Waals surface area (Å²) >= 11 is 0. The molecule has 0 atom stereocenters. The van der Waals surface area contributed by atoms with Crippen molar-refractivity contribution in [3.8, 4) is 5.75 Å². The van der Waals surface area contributed by atoms with Crippen molar-refractivity contribution in [3.63, 3.8) is 0 Å². The molecule has 1 heteroatoms. The Morgan fingerprint density at radius 2 is 2.36 bits per heavy atom. The van der Waals surface area contributed by atoms with Gasteiger partial charge in [0.15, 0.2) is 0 Å². The quantitative estimate of drug-likeness (QED) is 0.590. The Morgan fingerprint density at radius 1 is 1.45 bits per heavy atom. The van der Waals surface area contributed by atoms with E-state index in [4.69, 9.17) is 4.74 Å². The normalized spacial score (nSPS) is 13.8. The Kier molecular flexibility index (Phi) is 1.42. The van der Waals surface area contributed by atoms with Gasteiger partial charge in [-0.1, -0.05) is 30.9 Å². The van der Waals surface area contributed by atoms with Crippen LogP contribution in [0.1, 0.15) is 11.1 Å². The highest BCUT2D eigenvalue weighted by molar-refractivity contribution is 5.59. The molecular weight excluding hydrogens is 136 g/mol. The third-order valence-corrected chi connectivity index (χ3v) is 1.96. The van der Waals surface area contributed by atoms with E-state index in [1.165, 1.54) is 5.56 Å². The summed E-state index contributed by atoms with van der Waals surface area (Å²) in [7, 11) is 0. The third-order valence-electron chi connectivity index (χ3n) is 1.96. The average Bonchev–Trinajstić information content (AvgIpc) is 2.50. The van der Waals surface area contributed by atoms with E-state index < -0.39 is 0 Å². The molecule has 0 aromatic heterocycles. The van der Waals surface area contributed by atoms with Crippen LogP contribution in [0, 0.1) is 0 Å². The molecule has 1 aromatic rings. The maximum atomic E-state index is 5.45. The molecule has 1 nitrogen and oxygen atoms in total. The summed E-state index contributed by atoms with van der Waals surface area (Å²) in [6.45, 7) is 4.55. The van der Waals surface area contributed by atoms with Gasteiger partial charge >= 0.3 is 0 Å². The van der Waals surface area contributed by atoms with E-state index >= 15 is 0 Å². The van der Waals surface area contributed by atoms with Crippen molar-refractivity contribution in [1.82, 2.24) is 0 Å². The highest BCUT2D eigenvalue weighted by Crippen LogP contribution is 2.29. The highest BCUT2D eigenvalue weighted by atomic mass is 16.5. The number of hydrogen-bond donors (Lipinski definition) is 0. The van der Waals surface area contributed by atoms with E-state index in [-0.39, 0.29) is 0 Å². The summed E-state index contributed by atoms with van der Waals surface area (Å²) in [6, 6.07) is 6.18. The summed E-state index contributed by atoms with van der Waals surface area (Å²) in [4.78, 5) is 0. The zero-order chi connectivity index (χ0) is 7.68. The minimum atomic E-state index is 0.820. The summed E-state index contributed by atoms with van der Waals surface area (Å²) in [5.74, 6) is 1.03. The van der Waals surface area contributed by atoms with E-state index in [0.717, 1.165) is 24.3 Å². The van der Waals surface area contributed by atoms with Gasteiger partial charge in [-0.3, -0.25) is 0 Å². The van der Waals surface area contributed by atoms with Gasteiger partial charge in [0.25, 0.3) is 0 Å². The van der Waals surface area contributed by atoms with Crippen LogP contribution in [0.2, 0.25) is 0 Å². The first-order valence-corrected chi connectivity index (χ1v) is 3.79. The monoisotopic (exact) mass is 146 g/mol. The predicted molar refractivity (Wildman–Crippen MR) is 45.7 cm³/mol. The van der Waals surface area contributed by atoms with Crippen LogP contribution in [0.3, 0.4) is 0 Å². The summed E-state index contributed by atoms with van der Waals surface area (Å²) in [6.07, 6.45) is 2.88. The first-order valence-electron chi connectivity index (χ1n) is 3.79. The van der Waals surface area contributed by atoms with E-state index in [1.807, 2.05) is 18.2 Å². The molecular formula is C10H10O. The van der Waals surface area contributed by atoms with Gasteiger partial charge in [-0.15, -0.1) is 0 Å². The van der Waals surface area contributed by atoms with Gasteiger partial charge in [-0.05, 0) is 5.56 Å². The summed E-state index contributed by atoms with van der Waals surface area (Å²) < 4.78 is 5.45. The molecule has 1 heterocycles. The van der Waals surface area contributed by atoms with Crippen LogP contribution in [-0.4, -0.2) is 6.61 Å². The van der Waals surface area contributed by atoms with Crippen LogP contribution >= 0.6 is 0 Å². The zero-order valence-corrected chi connectivity index (χ0v) is 6.34. The van der Waals surface area contributed by atoms with Gasteiger partial charge in [-0.25, -0.2) is 0 Å². The molecule has 0 radical (unpaired) electrons. The van der Waals surface area contributed by atoms with Gasteiger partial charge in [0.2, 0.25) is 0 Å². The minimum absolute atomic E-state index is 0.820. The van der Waals surface area contributed by atoms with Crippen molar-refractivity contribution >= 4 is 6.08 Å². The van der Waals surface area contributed by atoms with Crippen LogP contribution in [0.4, 0.5) is 0 Å². The Bertz CT molecular complexity index is 289. The highest BCUT2D eigenvalue weighted by Gasteiger charge is 2.13. The van der Waals surface area contributed by atoms with Gasteiger partial charge < -0.3 is 4.74 Å². The van der Waals surface area contributed by atoms with Crippen LogP contribution < -0.4 is 4.74 Å². The van der Waals surface area contributed by atoms with Crippen molar-refractivity contribution in [2.75, 3.05) is 6.61 Å². The van der Waals surface area contributed by atoms with Crippen molar-refractivity contribution < 1.29 is 4.74 Å². The molecule has 1 aliphatic heterocycles. The molecule has 0 saturated carbocycles. The van der Waals surface area contributed by atoms with Crippen LogP contribution in [0.5, 0.6) is 5.75 Å². The molecule has 56 valence electrons. The Labute approximate surface area is 66.3 Å². The standard InChI is InChI=1S/C10H10O/c1-2-8-4-3-5-9-6-7-11-10(8)9/h2-5H,1,6-7H2. The van der Waals surface area contributed by atoms with Crippen LogP contribution in [0.15, 0.2) is 24.8 Å². The number of ether oxygens (including phenoxy) is 1. The maximum absolute atomic E-state index is 5.45. The summed E-state index contributed by atoms with van der Waals surface area (Å²) in [5, 5.41) is 0. The molecule has 0 fully saturated rings. The van der Waals surface area contributed by atoms with Gasteiger partial charge in [0.05, 0.1) is 6.61 Å². The van der Waals surface area contributed by atoms with E-state index in [0.29, 0.717) is 0 Å². The van der Waals surface area contributed by atoms with Gasteiger partial charge in [0.1, 0.15) is 5.75 Å². The Balaban J connectivity index is 2.58. The number of benzene rings is 1. The van der Waals surface area contributed by atoms with Crippen LogP contribution in [0.25, 0.3) is 6.08 Å². The maximum Gasteiger partial charge on any atom is 0.129 e. The lowest BCUT2D eigenvalue weighted by atomic mass is 10.1. The molecule has 11 heavy (non-hydrogen) atoms. The average molecular weight is 146 g/mol. The molecule has 0 bridgehead atoms. The van der Waals surface area contributed by atoms with Gasteiger partial charge in [0, 0.05) is 12.0 Å². The van der Waals surface area contributed by atoms with E-state index in [1.54, 1.807) is 0 Å². The Morgan fingerprint density at radius 3 is 3.18 bits per heavy atom. The van der Waals surface area contributed by atoms with Crippen molar-refractivity contribution in [3.05, 3.63) is 35.9 Å². The SMILES string of the molecule is C=Cc1cccc2c1OCC2. The molecule has 0 saturated heterocycles. The molecule has 0 aliphatic carbocycles. The molecule has 0 amide bonds. The molecule has 1 aromatic carbocycles. The molecule has 0 spiro atoms. The number of para-hydroxylation sites is 1. The molecule has 2 rings (SSSR count). The van der Waals surface area contributed by atoms with Gasteiger partial charge in [-0.2, -0.15) is 0 Å². The van der Waals surface area contributed by atoms with Crippen molar-refractivity contribution in [1.29, 1.82) is 0 Å². The molecule has 1 aliphatic rings. The second-order valence-electron chi connectivity index (χ2n) is 2.64. The lowest BCUT2D eigenvalue weighted by molar-refractivity contribution is 0.356. The van der Waals surface area contributed by atoms with Crippen molar-refractivity contribution in [2.45, 2.75) is 6.42 Å². The first-order chi connectivity index (χ1) is 5.42. The fourth-order valence-corrected chi connectivity index (χ4v) is 1.40. The Hall–Kier alpha value is -1.24. The predicted octanol–water partition coefficient (Wildman–Crippen LogP) is 2.26. The lowest BCUT2D eigenvalue weighted by Crippen LogP contribution is -1.87. The second kappa shape index (κ2) is 2.42. The number of fused-ring (bicyclic) bond motifs is 1. The minimum Gasteiger partial charge on any atom is -0.492 e. The van der Waals surface area contributed by atoms with Crippen LogP contribution in [-0.2, 0) is 6.42 Å². The zero-order valence-electron chi connectivity index (χ0n) is 6.34. The van der Waals surface area contributed by atoms with Crippen molar-refractivity contribution in [2.24, 2.45) is 0 Å². The fraction of sp³-hybridized carbons (Fsp3) is 0.200.